The number of rotatable bonds is 7. The molecule has 6 nitrogen and oxygen atoms in total. The van der Waals surface area contributed by atoms with Crippen LogP contribution in [0.15, 0.2) is 30.3 Å². The van der Waals surface area contributed by atoms with E-state index in [-0.39, 0.29) is 36.7 Å². The van der Waals surface area contributed by atoms with Crippen LogP contribution in [-0.2, 0) is 4.74 Å². The molecule has 26 heavy (non-hydrogen) atoms. The van der Waals surface area contributed by atoms with Gasteiger partial charge >= 0.3 is 0 Å². The molecule has 0 spiro atoms. The van der Waals surface area contributed by atoms with Crippen LogP contribution in [0.25, 0.3) is 11.3 Å². The number of hydrogen-bond acceptors (Lipinski definition) is 4. The van der Waals surface area contributed by atoms with Crippen molar-refractivity contribution in [2.75, 3.05) is 13.2 Å². The largest absolute Gasteiger partial charge is 0.389 e. The summed E-state index contributed by atoms with van der Waals surface area (Å²) in [6, 6.07) is 7.46. The number of aliphatic hydroxyl groups is 1. The first-order chi connectivity index (χ1) is 12.6. The molecule has 1 fully saturated rings. The molecule has 1 aliphatic rings. The van der Waals surface area contributed by atoms with Crippen LogP contribution < -0.4 is 5.32 Å². The van der Waals surface area contributed by atoms with E-state index in [1.54, 1.807) is 18.2 Å². The molecule has 0 radical (unpaired) electrons. The second-order valence-corrected chi connectivity index (χ2v) is 6.63. The molecule has 2 aromatic rings. The van der Waals surface area contributed by atoms with Crippen molar-refractivity contribution in [2.24, 2.45) is 0 Å². The average Bonchev–Trinajstić information content (AvgIpc) is 3.16. The third kappa shape index (κ3) is 5.12. The Morgan fingerprint density at radius 2 is 2.04 bits per heavy atom. The minimum atomic E-state index is -0.750. The Balaban J connectivity index is 1.45. The van der Waals surface area contributed by atoms with Crippen LogP contribution in [0.4, 0.5) is 4.39 Å². The van der Waals surface area contributed by atoms with Crippen LogP contribution in [0, 0.1) is 5.82 Å². The maximum absolute atomic E-state index is 13.0. The summed E-state index contributed by atoms with van der Waals surface area (Å²) >= 11 is 0. The van der Waals surface area contributed by atoms with E-state index in [9.17, 15) is 14.3 Å². The lowest BCUT2D eigenvalue weighted by Gasteiger charge is -2.23. The molecule has 1 saturated carbocycles. The zero-order valence-corrected chi connectivity index (χ0v) is 14.6. The van der Waals surface area contributed by atoms with E-state index in [0.717, 1.165) is 12.8 Å². The van der Waals surface area contributed by atoms with Crippen molar-refractivity contribution in [1.82, 2.24) is 15.5 Å². The second kappa shape index (κ2) is 8.91. The Morgan fingerprint density at radius 1 is 1.31 bits per heavy atom. The van der Waals surface area contributed by atoms with Crippen molar-refractivity contribution in [3.8, 4) is 11.3 Å². The maximum Gasteiger partial charge on any atom is 0.269 e. The molecule has 3 rings (SSSR count). The van der Waals surface area contributed by atoms with E-state index in [4.69, 9.17) is 4.74 Å². The van der Waals surface area contributed by atoms with Crippen molar-refractivity contribution in [3.63, 3.8) is 0 Å². The SMILES string of the molecule is O=C(NC[C@@H](O)COC1CCCCC1)c1cc(-c2ccc(F)cc2)n[nH]1. The third-order valence-corrected chi connectivity index (χ3v) is 4.54. The van der Waals surface area contributed by atoms with Gasteiger partial charge in [0.2, 0.25) is 0 Å². The molecule has 0 saturated heterocycles. The highest BCUT2D eigenvalue weighted by molar-refractivity contribution is 5.93. The third-order valence-electron chi connectivity index (χ3n) is 4.54. The van der Waals surface area contributed by atoms with Crippen molar-refractivity contribution in [3.05, 3.63) is 41.8 Å². The number of hydrogen-bond donors (Lipinski definition) is 3. The Morgan fingerprint density at radius 3 is 2.77 bits per heavy atom. The highest BCUT2D eigenvalue weighted by Crippen LogP contribution is 2.20. The lowest BCUT2D eigenvalue weighted by atomic mass is 9.98. The Labute approximate surface area is 151 Å². The number of ether oxygens (including phenoxy) is 1. The van der Waals surface area contributed by atoms with Crippen LogP contribution in [0.3, 0.4) is 0 Å². The van der Waals surface area contributed by atoms with Gasteiger partial charge in [-0.15, -0.1) is 0 Å². The molecule has 1 heterocycles. The summed E-state index contributed by atoms with van der Waals surface area (Å²) < 4.78 is 18.7. The van der Waals surface area contributed by atoms with Gasteiger partial charge in [0.25, 0.3) is 5.91 Å². The number of carbonyl (C=O) groups excluding carboxylic acids is 1. The fraction of sp³-hybridized carbons (Fsp3) is 0.474. The van der Waals surface area contributed by atoms with Crippen LogP contribution >= 0.6 is 0 Å². The van der Waals surface area contributed by atoms with Gasteiger partial charge in [-0.25, -0.2) is 4.39 Å². The van der Waals surface area contributed by atoms with Crippen molar-refractivity contribution < 1.29 is 19.0 Å². The maximum atomic E-state index is 13.0. The molecule has 0 aliphatic heterocycles. The minimum Gasteiger partial charge on any atom is -0.389 e. The predicted molar refractivity (Wildman–Crippen MR) is 95.1 cm³/mol. The quantitative estimate of drug-likeness (QED) is 0.708. The normalized spacial score (nSPS) is 16.4. The van der Waals surface area contributed by atoms with Crippen molar-refractivity contribution in [1.29, 1.82) is 0 Å². The Hall–Kier alpha value is -2.25. The van der Waals surface area contributed by atoms with E-state index >= 15 is 0 Å². The highest BCUT2D eigenvalue weighted by atomic mass is 19.1. The molecular formula is C19H24FN3O3. The van der Waals surface area contributed by atoms with E-state index in [0.29, 0.717) is 11.3 Å². The van der Waals surface area contributed by atoms with Gasteiger partial charge in [-0.2, -0.15) is 5.10 Å². The molecule has 1 aromatic heterocycles. The van der Waals surface area contributed by atoms with Crippen molar-refractivity contribution in [2.45, 2.75) is 44.3 Å². The number of aromatic nitrogens is 2. The zero-order valence-electron chi connectivity index (χ0n) is 14.6. The Bertz CT molecular complexity index is 711. The molecule has 1 aromatic carbocycles. The monoisotopic (exact) mass is 361 g/mol. The lowest BCUT2D eigenvalue weighted by Crippen LogP contribution is -2.36. The fourth-order valence-corrected chi connectivity index (χ4v) is 3.05. The van der Waals surface area contributed by atoms with Crippen LogP contribution in [0.2, 0.25) is 0 Å². The van der Waals surface area contributed by atoms with Gasteiger partial charge in [0.1, 0.15) is 11.5 Å². The number of halogens is 1. The first-order valence-electron chi connectivity index (χ1n) is 9.01. The molecule has 1 amide bonds. The van der Waals surface area contributed by atoms with Gasteiger partial charge in [-0.3, -0.25) is 9.89 Å². The summed E-state index contributed by atoms with van der Waals surface area (Å²) in [6.07, 6.45) is 5.16. The van der Waals surface area contributed by atoms with Crippen LogP contribution in [0.1, 0.15) is 42.6 Å². The second-order valence-electron chi connectivity index (χ2n) is 6.63. The number of nitrogens with zero attached hydrogens (tertiary/aromatic N) is 1. The summed E-state index contributed by atoms with van der Waals surface area (Å²) in [5, 5.41) is 19.4. The number of benzene rings is 1. The molecule has 140 valence electrons. The van der Waals surface area contributed by atoms with Crippen LogP contribution in [0.5, 0.6) is 0 Å². The molecular weight excluding hydrogens is 337 g/mol. The first-order valence-corrected chi connectivity index (χ1v) is 9.01. The number of amides is 1. The van der Waals surface area contributed by atoms with Crippen LogP contribution in [-0.4, -0.2) is 46.6 Å². The number of H-pyrrole nitrogens is 1. The zero-order chi connectivity index (χ0) is 18.4. The van der Waals surface area contributed by atoms with Gasteiger partial charge in [-0.1, -0.05) is 19.3 Å². The predicted octanol–water partition coefficient (Wildman–Crippen LogP) is 2.66. The summed E-state index contributed by atoms with van der Waals surface area (Å²) in [5.41, 5.74) is 1.55. The molecule has 1 atom stereocenters. The molecule has 0 bridgehead atoms. The average molecular weight is 361 g/mol. The molecule has 1 aliphatic carbocycles. The van der Waals surface area contributed by atoms with E-state index in [1.807, 2.05) is 0 Å². The number of aliphatic hydroxyl groups excluding tert-OH is 1. The summed E-state index contributed by atoms with van der Waals surface area (Å²) in [4.78, 5) is 12.2. The first kappa shape index (κ1) is 18.5. The standard InChI is InChI=1S/C19H24FN3O3/c20-14-8-6-13(7-9-14)17-10-18(23-22-17)19(25)21-11-15(24)12-26-16-4-2-1-3-5-16/h6-10,15-16,24H,1-5,11-12H2,(H,21,25)(H,22,23)/t15-/m1/s1. The summed E-state index contributed by atoms with van der Waals surface area (Å²) in [5.74, 6) is -0.686. The lowest BCUT2D eigenvalue weighted by molar-refractivity contribution is -0.0225. The van der Waals surface area contributed by atoms with Gasteiger partial charge in [0.15, 0.2) is 0 Å². The number of nitrogens with one attached hydrogen (secondary N) is 2. The topological polar surface area (TPSA) is 87.2 Å². The molecule has 0 unspecified atom stereocenters. The molecule has 7 heteroatoms. The van der Waals surface area contributed by atoms with Gasteiger partial charge in [0, 0.05) is 12.1 Å². The van der Waals surface area contributed by atoms with Gasteiger partial charge in [0.05, 0.1) is 24.5 Å². The number of aromatic amines is 1. The van der Waals surface area contributed by atoms with E-state index < -0.39 is 6.10 Å². The smallest absolute Gasteiger partial charge is 0.269 e. The van der Waals surface area contributed by atoms with E-state index in [2.05, 4.69) is 15.5 Å². The number of carbonyl (C=O) groups is 1. The Kier molecular flexibility index (Phi) is 6.35. The summed E-state index contributed by atoms with van der Waals surface area (Å²) in [6.45, 7) is 0.325. The highest BCUT2D eigenvalue weighted by Gasteiger charge is 2.17. The van der Waals surface area contributed by atoms with E-state index in [1.165, 1.54) is 31.4 Å². The summed E-state index contributed by atoms with van der Waals surface area (Å²) in [7, 11) is 0. The van der Waals surface area contributed by atoms with Gasteiger partial charge in [-0.05, 0) is 43.2 Å². The fourth-order valence-electron chi connectivity index (χ4n) is 3.05. The molecule has 3 N–H and O–H groups in total. The van der Waals surface area contributed by atoms with Crippen molar-refractivity contribution >= 4 is 5.91 Å². The minimum absolute atomic E-state index is 0.108. The van der Waals surface area contributed by atoms with Gasteiger partial charge < -0.3 is 15.2 Å².